The van der Waals surface area contributed by atoms with Gasteiger partial charge in [0.2, 0.25) is 94.5 Å². The molecule has 0 rings (SSSR count). The maximum atomic E-state index is 15.0. The molecule has 0 aromatic rings. The summed E-state index contributed by atoms with van der Waals surface area (Å²) < 4.78 is 0. The van der Waals surface area contributed by atoms with Crippen LogP contribution in [-0.4, -0.2) is 237 Å². The molecular formula is C96H186N24O16. The van der Waals surface area contributed by atoms with Crippen molar-refractivity contribution < 1.29 is 76.7 Å². The fourth-order valence-corrected chi connectivity index (χ4v) is 15.6. The minimum atomic E-state index is -1.34. The molecule has 0 spiro atoms. The van der Waals surface area contributed by atoms with Crippen molar-refractivity contribution in [2.75, 3.05) is 45.8 Å². The van der Waals surface area contributed by atoms with Crippen molar-refractivity contribution >= 4 is 94.5 Å². The van der Waals surface area contributed by atoms with Crippen LogP contribution in [0, 0.1) is 53.3 Å². The Kier molecular flexibility index (Phi) is 67.0. The van der Waals surface area contributed by atoms with E-state index in [4.69, 9.17) is 51.6 Å². The van der Waals surface area contributed by atoms with Crippen molar-refractivity contribution in [3.05, 3.63) is 0 Å². The van der Waals surface area contributed by atoms with Crippen LogP contribution in [0.25, 0.3) is 0 Å². The standard InChI is InChI=1S/C96H186N24O16/c1-56(2)47-72(88(128)106-66(81(105)121)34-20-27-41-98)116-96(136)80(55-64(17)18)120-95(135)79(54-63(15)16)115-87(127)71(39-25-32-46-103)111-91(131)75(50-59(7)8)119-93(133)77(52-61(11)12)113-85(125)69(37-23-30-44-101)108-83(123)68(36-22-29-43-100)109-89(129)73(48-57(3)4)117-94(134)78(53-62(13)14)114-86(126)70(38-24-31-45-102)110-90(130)74(49-58(5)6)118-92(132)76(51-60(9)10)112-84(124)67(35-21-28-42-99)107-82(122)65(104)33-19-26-40-97/h56-80H,19-55,97-104H2,1-18H3,(H2,105,121)(H,106,128)(H,107,122)(H,108,123)(H,109,129)(H,110,130)(H,111,131)(H,112,124)(H,113,125)(H,114,126)(H,115,127)(H,116,136)(H,117,134)(H,118,132)(H,119,133)(H,120,135)/t65-,66-,67-,68+,69+,70-,71-,72-,73-,74+,75+,76-,77-,78-,79-,80+/m0/s1. The van der Waals surface area contributed by atoms with Crippen molar-refractivity contribution in [2.45, 2.75) is 414 Å². The Morgan fingerprint density at radius 1 is 0.162 bits per heavy atom. The van der Waals surface area contributed by atoms with E-state index in [1.54, 1.807) is 0 Å². The van der Waals surface area contributed by atoms with Gasteiger partial charge in [-0.1, -0.05) is 131 Å². The third-order valence-electron chi connectivity index (χ3n) is 22.9. The zero-order valence-electron chi connectivity index (χ0n) is 85.8. The average molecular weight is 1930 g/mol. The third kappa shape index (κ3) is 55.7. The first-order valence-corrected chi connectivity index (χ1v) is 50.5. The molecule has 0 saturated heterocycles. The number of hydrogen-bond acceptors (Lipinski definition) is 24. The van der Waals surface area contributed by atoms with Crippen LogP contribution in [0.3, 0.4) is 0 Å². The average Bonchev–Trinajstić information content (AvgIpc) is 0.853. The van der Waals surface area contributed by atoms with Gasteiger partial charge >= 0.3 is 0 Å². The molecule has 0 aromatic heterocycles. The number of carbonyl (C=O) groups excluding carboxylic acids is 16. The van der Waals surface area contributed by atoms with Gasteiger partial charge in [-0.3, -0.25) is 76.7 Å². The van der Waals surface area contributed by atoms with Crippen molar-refractivity contribution in [2.24, 2.45) is 105 Å². The molecular weight excluding hydrogens is 1750 g/mol. The van der Waals surface area contributed by atoms with E-state index in [-0.39, 0.29) is 176 Å². The molecule has 0 aliphatic rings. The van der Waals surface area contributed by atoms with Crippen LogP contribution in [-0.2, 0) is 76.7 Å². The number of hydrogen-bond donors (Lipinski definition) is 24. The summed E-state index contributed by atoms with van der Waals surface area (Å²) in [6.07, 6.45) is 8.22. The van der Waals surface area contributed by atoms with Gasteiger partial charge in [0, 0.05) is 0 Å². The molecule has 0 bridgehead atoms. The predicted molar refractivity (Wildman–Crippen MR) is 532 cm³/mol. The quantitative estimate of drug-likeness (QED) is 0.0383. The van der Waals surface area contributed by atoms with Gasteiger partial charge in [0.05, 0.1) is 6.04 Å². The van der Waals surface area contributed by atoms with E-state index in [1.807, 2.05) is 125 Å². The van der Waals surface area contributed by atoms with Crippen LogP contribution in [0.1, 0.15) is 317 Å². The molecule has 0 fully saturated rings. The molecule has 16 atom stereocenters. The molecule has 0 radical (unpaired) electrons. The van der Waals surface area contributed by atoms with Gasteiger partial charge in [-0.15, -0.1) is 0 Å². The van der Waals surface area contributed by atoms with Crippen molar-refractivity contribution in [1.29, 1.82) is 0 Å². The topological polar surface area (TPSA) is 688 Å². The lowest BCUT2D eigenvalue weighted by Crippen LogP contribution is -2.61. The minimum absolute atomic E-state index is 0.0150. The van der Waals surface area contributed by atoms with E-state index in [0.717, 1.165) is 0 Å². The number of amides is 16. The zero-order valence-corrected chi connectivity index (χ0v) is 85.8. The van der Waals surface area contributed by atoms with Gasteiger partial charge in [-0.25, -0.2) is 0 Å². The number of carbonyl (C=O) groups is 16. The van der Waals surface area contributed by atoms with Crippen molar-refractivity contribution in [3.63, 3.8) is 0 Å². The zero-order chi connectivity index (χ0) is 103. The van der Waals surface area contributed by atoms with Gasteiger partial charge in [-0.05, 0) is 285 Å². The Morgan fingerprint density at radius 3 is 0.404 bits per heavy atom. The highest BCUT2D eigenvalue weighted by Gasteiger charge is 2.40. The number of nitrogens with one attached hydrogen (secondary N) is 15. The minimum Gasteiger partial charge on any atom is -0.368 e. The summed E-state index contributed by atoms with van der Waals surface area (Å²) in [4.78, 5) is 231. The third-order valence-corrected chi connectivity index (χ3v) is 22.9. The fourth-order valence-electron chi connectivity index (χ4n) is 15.6. The number of nitrogens with two attached hydrogens (primary N) is 9. The monoisotopic (exact) mass is 1930 g/mol. The van der Waals surface area contributed by atoms with Gasteiger partial charge in [0.15, 0.2) is 0 Å². The van der Waals surface area contributed by atoms with E-state index in [9.17, 15) is 76.7 Å². The highest BCUT2D eigenvalue weighted by atomic mass is 16.2. The maximum absolute atomic E-state index is 15.0. The summed E-state index contributed by atoms with van der Waals surface area (Å²) >= 11 is 0. The molecule has 16 amide bonds. The molecule has 40 nitrogen and oxygen atoms in total. The highest BCUT2D eigenvalue weighted by Crippen LogP contribution is 2.20. The van der Waals surface area contributed by atoms with E-state index in [1.165, 1.54) is 0 Å². The van der Waals surface area contributed by atoms with E-state index in [2.05, 4.69) is 79.8 Å². The van der Waals surface area contributed by atoms with Crippen LogP contribution in [0.2, 0.25) is 0 Å². The lowest BCUT2D eigenvalue weighted by molar-refractivity contribution is -0.137. The van der Waals surface area contributed by atoms with Gasteiger partial charge in [0.1, 0.15) is 90.6 Å². The molecule has 33 N–H and O–H groups in total. The largest absolute Gasteiger partial charge is 0.368 e. The van der Waals surface area contributed by atoms with Crippen molar-refractivity contribution in [1.82, 2.24) is 79.8 Å². The number of rotatable bonds is 77. The SMILES string of the molecule is CC(C)C[C@H](NC(=O)[C@H](CCCCN)NC(=O)[C@@H](CC(C)C)NC(=O)[C@H](CC(C)C)NC(=O)[C@H](CCCCN)NC(=O)[C@@H](N)CCCCN)C(=O)N[C@@H](CC(C)C)C(=O)N[C@H](CCCCN)C(=O)N[C@H](CCCCN)C(=O)N[C@@H](CC(C)C)C(=O)N[C@H](CC(C)C)C(=O)N[C@@H](CCCCN)C(=O)N[C@@H](CC(C)C)C(=O)N[C@H](CC(C)C)C(=O)N[C@@H](CC(C)C)C(=O)N[C@@H](CCCCN)C(N)=O. The van der Waals surface area contributed by atoms with E-state index < -0.39 is 191 Å². The lowest BCUT2D eigenvalue weighted by Gasteiger charge is -2.30. The molecule has 786 valence electrons. The summed E-state index contributed by atoms with van der Waals surface area (Å²) in [6.45, 7) is 35.2. The van der Waals surface area contributed by atoms with Crippen LogP contribution in [0.5, 0.6) is 0 Å². The summed E-state index contributed by atoms with van der Waals surface area (Å²) in [6, 6.07) is -19.5. The molecule has 0 saturated carbocycles. The van der Waals surface area contributed by atoms with Gasteiger partial charge in [-0.2, -0.15) is 0 Å². The first-order valence-electron chi connectivity index (χ1n) is 50.5. The molecule has 0 aliphatic heterocycles. The molecule has 0 aliphatic carbocycles. The second kappa shape index (κ2) is 71.6. The number of unbranched alkanes of at least 4 members (excludes halogenated alkanes) is 7. The van der Waals surface area contributed by atoms with Gasteiger partial charge < -0.3 is 131 Å². The maximum Gasteiger partial charge on any atom is 0.243 e. The first-order chi connectivity index (χ1) is 64.0. The molecule has 0 unspecified atom stereocenters. The Morgan fingerprint density at radius 2 is 0.272 bits per heavy atom. The van der Waals surface area contributed by atoms with Crippen LogP contribution in [0.15, 0.2) is 0 Å². The lowest BCUT2D eigenvalue weighted by atomic mass is 9.98. The van der Waals surface area contributed by atoms with Gasteiger partial charge in [0.25, 0.3) is 0 Å². The predicted octanol–water partition coefficient (Wildman–Crippen LogP) is 1.39. The van der Waals surface area contributed by atoms with Crippen LogP contribution in [0.4, 0.5) is 0 Å². The van der Waals surface area contributed by atoms with E-state index in [0.29, 0.717) is 116 Å². The first kappa shape index (κ1) is 127. The summed E-state index contributed by atoms with van der Waals surface area (Å²) in [5.41, 5.74) is 52.8. The molecule has 0 aromatic carbocycles. The molecule has 40 heteroatoms. The van der Waals surface area contributed by atoms with Crippen LogP contribution < -0.4 is 131 Å². The fraction of sp³-hybridized carbons (Fsp3) is 0.833. The Bertz CT molecular complexity index is 3550. The molecule has 0 heterocycles. The second-order valence-corrected chi connectivity index (χ2v) is 40.6. The summed E-state index contributed by atoms with van der Waals surface area (Å²) in [5, 5.41) is 42.3. The summed E-state index contributed by atoms with van der Waals surface area (Å²) in [5.74, 6) is -13.2. The second-order valence-electron chi connectivity index (χ2n) is 40.6. The normalized spacial score (nSPS) is 15.2. The Hall–Kier alpha value is -8.80. The Labute approximate surface area is 811 Å². The van der Waals surface area contributed by atoms with Crippen molar-refractivity contribution in [3.8, 4) is 0 Å². The molecule has 136 heavy (non-hydrogen) atoms. The highest BCUT2D eigenvalue weighted by molar-refractivity contribution is 6.01. The Balaban J connectivity index is 7.48. The number of primary amides is 1. The van der Waals surface area contributed by atoms with E-state index >= 15 is 0 Å². The van der Waals surface area contributed by atoms with Crippen LogP contribution >= 0.6 is 0 Å². The summed E-state index contributed by atoms with van der Waals surface area (Å²) in [7, 11) is 0. The smallest absolute Gasteiger partial charge is 0.243 e.